The summed E-state index contributed by atoms with van der Waals surface area (Å²) in [7, 11) is 0. The highest BCUT2D eigenvalue weighted by atomic mass is 79.9. The molecule has 0 bridgehead atoms. The van der Waals surface area contributed by atoms with E-state index in [2.05, 4.69) is 26.6 Å². The first-order chi connectivity index (χ1) is 5.31. The molecule has 64 valence electrons. The molecule has 0 aromatic carbocycles. The number of alkyl halides is 1. The van der Waals surface area contributed by atoms with Crippen LogP contribution in [0.1, 0.15) is 6.42 Å². The lowest BCUT2D eigenvalue weighted by Gasteiger charge is -2.01. The summed E-state index contributed by atoms with van der Waals surface area (Å²) in [5.74, 6) is -0.0314. The lowest BCUT2D eigenvalue weighted by Crippen LogP contribution is -2.27. The summed E-state index contributed by atoms with van der Waals surface area (Å²) in [5, 5.41) is 5.47. The number of carbonyl (C=O) groups excluding carboxylic acids is 2. The van der Waals surface area contributed by atoms with Gasteiger partial charge in [-0.1, -0.05) is 15.9 Å². The Balaban J connectivity index is 3.01. The van der Waals surface area contributed by atoms with Crippen LogP contribution in [0, 0.1) is 0 Å². The lowest BCUT2D eigenvalue weighted by atomic mass is 10.4. The molecule has 2 N–H and O–H groups in total. The van der Waals surface area contributed by atoms with Crippen LogP contribution in [0.4, 0.5) is 0 Å². The predicted molar refractivity (Wildman–Crippen MR) is 45.5 cm³/mol. The van der Waals surface area contributed by atoms with Crippen LogP contribution in [0.2, 0.25) is 0 Å². The molecular formula is C6H11BrN2O2. The molecule has 0 aromatic heterocycles. The Hall–Kier alpha value is -0.580. The van der Waals surface area contributed by atoms with Crippen molar-refractivity contribution in [2.24, 2.45) is 0 Å². The zero-order chi connectivity index (χ0) is 8.53. The predicted octanol–water partition coefficient (Wildman–Crippen LogP) is -0.366. The van der Waals surface area contributed by atoms with E-state index in [4.69, 9.17) is 0 Å². The number of carbonyl (C=O) groups is 2. The minimum Gasteiger partial charge on any atom is -0.359 e. The fraction of sp³-hybridized carbons (Fsp3) is 0.667. The fourth-order valence-electron chi connectivity index (χ4n) is 0.524. The van der Waals surface area contributed by atoms with Crippen molar-refractivity contribution in [1.82, 2.24) is 10.6 Å². The molecule has 0 aliphatic heterocycles. The number of hydrogen-bond acceptors (Lipinski definition) is 2. The number of amides is 2. The topological polar surface area (TPSA) is 58.2 Å². The van der Waals surface area contributed by atoms with Crippen LogP contribution in [0.5, 0.6) is 0 Å². The Kier molecular flexibility index (Phi) is 7.13. The molecule has 0 saturated carbocycles. The Morgan fingerprint density at radius 2 is 2.18 bits per heavy atom. The van der Waals surface area contributed by atoms with Gasteiger partial charge in [-0.15, -0.1) is 0 Å². The number of nitrogens with one attached hydrogen (secondary N) is 2. The van der Waals surface area contributed by atoms with Gasteiger partial charge in [-0.25, -0.2) is 0 Å². The summed E-state index contributed by atoms with van der Waals surface area (Å²) in [6.07, 6.45) is 1.41. The molecule has 11 heavy (non-hydrogen) atoms. The second kappa shape index (κ2) is 7.53. The van der Waals surface area contributed by atoms with Crippen LogP contribution < -0.4 is 10.6 Å². The van der Waals surface area contributed by atoms with Crippen LogP contribution in [0.15, 0.2) is 0 Å². The highest BCUT2D eigenvalue weighted by Crippen LogP contribution is 1.79. The monoisotopic (exact) mass is 222 g/mol. The molecule has 0 atom stereocenters. The maximum atomic E-state index is 10.6. The minimum atomic E-state index is -0.0314. The molecule has 0 aliphatic rings. The molecule has 0 aromatic rings. The molecule has 0 radical (unpaired) electrons. The quantitative estimate of drug-likeness (QED) is 0.367. The molecular weight excluding hydrogens is 212 g/mol. The third kappa shape index (κ3) is 7.32. The van der Waals surface area contributed by atoms with Gasteiger partial charge in [0.05, 0.1) is 5.33 Å². The van der Waals surface area contributed by atoms with E-state index in [0.717, 1.165) is 6.42 Å². The summed E-state index contributed by atoms with van der Waals surface area (Å²) in [6, 6.07) is 0. The zero-order valence-electron chi connectivity index (χ0n) is 6.10. The standard InChI is InChI=1S/C6H11BrN2O2/c7-4-6(11)9-3-1-2-8-5-10/h5H,1-4H2,(H,8,10)(H,9,11). The highest BCUT2D eigenvalue weighted by molar-refractivity contribution is 9.09. The van der Waals surface area contributed by atoms with Gasteiger partial charge in [-0.05, 0) is 6.42 Å². The normalized spacial score (nSPS) is 8.82. The van der Waals surface area contributed by atoms with Crippen LogP contribution in [0.25, 0.3) is 0 Å². The second-order valence-electron chi connectivity index (χ2n) is 1.91. The van der Waals surface area contributed by atoms with Crippen LogP contribution in [-0.2, 0) is 9.59 Å². The molecule has 0 spiro atoms. The maximum absolute atomic E-state index is 10.6. The van der Waals surface area contributed by atoms with Gasteiger partial charge in [-0.2, -0.15) is 0 Å². The van der Waals surface area contributed by atoms with Gasteiger partial charge in [0.1, 0.15) is 0 Å². The molecule has 0 unspecified atom stereocenters. The molecule has 2 amide bonds. The first kappa shape index (κ1) is 10.4. The minimum absolute atomic E-state index is 0.0314. The van der Waals surface area contributed by atoms with Crippen molar-refractivity contribution in [3.05, 3.63) is 0 Å². The van der Waals surface area contributed by atoms with E-state index in [1.807, 2.05) is 0 Å². The number of hydrogen-bond donors (Lipinski definition) is 2. The Morgan fingerprint density at radius 3 is 2.73 bits per heavy atom. The Bertz CT molecular complexity index is 130. The molecule has 0 heterocycles. The van der Waals surface area contributed by atoms with Crippen molar-refractivity contribution in [3.8, 4) is 0 Å². The molecule has 0 saturated heterocycles. The summed E-state index contributed by atoms with van der Waals surface area (Å²) in [6.45, 7) is 1.21. The van der Waals surface area contributed by atoms with Crippen molar-refractivity contribution in [2.45, 2.75) is 6.42 Å². The molecule has 0 aliphatic carbocycles. The first-order valence-corrected chi connectivity index (χ1v) is 4.43. The fourth-order valence-corrected chi connectivity index (χ4v) is 0.723. The SMILES string of the molecule is O=CNCCCNC(=O)CBr. The molecule has 4 nitrogen and oxygen atoms in total. The summed E-state index contributed by atoms with van der Waals surface area (Å²) < 4.78 is 0. The van der Waals surface area contributed by atoms with Crippen molar-refractivity contribution >= 4 is 28.2 Å². The Morgan fingerprint density at radius 1 is 1.45 bits per heavy atom. The Labute approximate surface area is 73.9 Å². The van der Waals surface area contributed by atoms with E-state index >= 15 is 0 Å². The van der Waals surface area contributed by atoms with Gasteiger partial charge >= 0.3 is 0 Å². The second-order valence-corrected chi connectivity index (χ2v) is 2.47. The molecule has 0 rings (SSSR count). The van der Waals surface area contributed by atoms with E-state index in [0.29, 0.717) is 24.8 Å². The molecule has 5 heteroatoms. The van der Waals surface area contributed by atoms with E-state index in [-0.39, 0.29) is 5.91 Å². The van der Waals surface area contributed by atoms with Crippen molar-refractivity contribution in [2.75, 3.05) is 18.4 Å². The van der Waals surface area contributed by atoms with Crippen molar-refractivity contribution in [1.29, 1.82) is 0 Å². The van der Waals surface area contributed by atoms with Crippen molar-refractivity contribution in [3.63, 3.8) is 0 Å². The van der Waals surface area contributed by atoms with Gasteiger partial charge in [-0.3, -0.25) is 9.59 Å². The van der Waals surface area contributed by atoms with Gasteiger partial charge in [0.25, 0.3) is 0 Å². The summed E-state index contributed by atoms with van der Waals surface area (Å²) >= 11 is 3.01. The maximum Gasteiger partial charge on any atom is 0.230 e. The smallest absolute Gasteiger partial charge is 0.230 e. The van der Waals surface area contributed by atoms with Crippen molar-refractivity contribution < 1.29 is 9.59 Å². The molecule has 0 fully saturated rings. The lowest BCUT2D eigenvalue weighted by molar-refractivity contribution is -0.118. The van der Waals surface area contributed by atoms with E-state index < -0.39 is 0 Å². The van der Waals surface area contributed by atoms with Gasteiger partial charge in [0.2, 0.25) is 12.3 Å². The van der Waals surface area contributed by atoms with E-state index in [1.54, 1.807) is 0 Å². The first-order valence-electron chi connectivity index (χ1n) is 3.31. The van der Waals surface area contributed by atoms with E-state index in [9.17, 15) is 9.59 Å². The number of halogens is 1. The van der Waals surface area contributed by atoms with Crippen LogP contribution in [0.3, 0.4) is 0 Å². The summed E-state index contributed by atoms with van der Waals surface area (Å²) in [5.41, 5.74) is 0. The third-order valence-corrected chi connectivity index (χ3v) is 1.53. The van der Waals surface area contributed by atoms with Gasteiger partial charge in [0, 0.05) is 13.1 Å². The highest BCUT2D eigenvalue weighted by Gasteiger charge is 1.94. The zero-order valence-corrected chi connectivity index (χ0v) is 7.69. The van der Waals surface area contributed by atoms with E-state index in [1.165, 1.54) is 0 Å². The van der Waals surface area contributed by atoms with Gasteiger partial charge in [0.15, 0.2) is 0 Å². The van der Waals surface area contributed by atoms with Crippen LogP contribution >= 0.6 is 15.9 Å². The third-order valence-electron chi connectivity index (χ3n) is 1.02. The largest absolute Gasteiger partial charge is 0.359 e. The van der Waals surface area contributed by atoms with Crippen LogP contribution in [-0.4, -0.2) is 30.7 Å². The average Bonchev–Trinajstić information content (AvgIpc) is 2.04. The van der Waals surface area contributed by atoms with Gasteiger partial charge < -0.3 is 10.6 Å². The summed E-state index contributed by atoms with van der Waals surface area (Å²) in [4.78, 5) is 20.3. The number of rotatable bonds is 6. The average molecular weight is 223 g/mol.